The fourth-order valence-corrected chi connectivity index (χ4v) is 3.76. The summed E-state index contributed by atoms with van der Waals surface area (Å²) in [5.41, 5.74) is 1.21. The van der Waals surface area contributed by atoms with Gasteiger partial charge in [-0.3, -0.25) is 4.79 Å². The quantitative estimate of drug-likeness (QED) is 0.632. The Balaban J connectivity index is 1.39. The molecular formula is C19H20N6O3S. The van der Waals surface area contributed by atoms with Crippen LogP contribution in [0.1, 0.15) is 10.7 Å². The zero-order chi connectivity index (χ0) is 20.1. The van der Waals surface area contributed by atoms with Gasteiger partial charge in [0.25, 0.3) is 0 Å². The Hall–Kier alpha value is -3.27. The number of aromatic nitrogens is 3. The fraction of sp³-hybridized carbons (Fsp3) is 0.263. The van der Waals surface area contributed by atoms with Crippen molar-refractivity contribution in [2.24, 2.45) is 0 Å². The molecule has 0 radical (unpaired) electrons. The van der Waals surface area contributed by atoms with E-state index in [2.05, 4.69) is 30.7 Å². The first kappa shape index (κ1) is 19.1. The van der Waals surface area contributed by atoms with E-state index in [9.17, 15) is 4.79 Å². The van der Waals surface area contributed by atoms with Crippen molar-refractivity contribution in [3.8, 4) is 5.75 Å². The first-order chi connectivity index (χ1) is 14.2. The van der Waals surface area contributed by atoms with Crippen LogP contribution in [0.4, 0.5) is 23.2 Å². The average Bonchev–Trinajstić information content (AvgIpc) is 3.24. The highest BCUT2D eigenvalue weighted by atomic mass is 32.2. The molecule has 0 aliphatic carbocycles. The lowest BCUT2D eigenvalue weighted by Crippen LogP contribution is -2.33. The summed E-state index contributed by atoms with van der Waals surface area (Å²) in [6, 6.07) is 11.1. The van der Waals surface area contributed by atoms with Gasteiger partial charge < -0.3 is 24.7 Å². The van der Waals surface area contributed by atoms with E-state index in [1.807, 2.05) is 36.0 Å². The van der Waals surface area contributed by atoms with E-state index in [1.165, 1.54) is 0 Å². The van der Waals surface area contributed by atoms with Gasteiger partial charge >= 0.3 is 17.8 Å². The number of thioether (sulfide) groups is 1. The molecule has 4 rings (SSSR count). The summed E-state index contributed by atoms with van der Waals surface area (Å²) in [5.74, 6) is 3.07. The molecule has 1 fully saturated rings. The van der Waals surface area contributed by atoms with E-state index < -0.39 is 5.91 Å². The van der Waals surface area contributed by atoms with E-state index in [0.717, 1.165) is 30.4 Å². The predicted octanol–water partition coefficient (Wildman–Crippen LogP) is 3.02. The van der Waals surface area contributed by atoms with Gasteiger partial charge in [0.2, 0.25) is 0 Å². The zero-order valence-electron chi connectivity index (χ0n) is 15.8. The van der Waals surface area contributed by atoms with Crippen molar-refractivity contribution < 1.29 is 13.9 Å². The van der Waals surface area contributed by atoms with Crippen LogP contribution >= 0.6 is 11.8 Å². The van der Waals surface area contributed by atoms with Gasteiger partial charge in [-0.25, -0.2) is 4.98 Å². The molecule has 0 spiro atoms. The minimum absolute atomic E-state index is 0.0936. The molecule has 0 bridgehead atoms. The number of rotatable bonds is 6. The molecule has 3 aromatic rings. The van der Waals surface area contributed by atoms with Gasteiger partial charge in [-0.1, -0.05) is 17.2 Å². The van der Waals surface area contributed by atoms with Crippen LogP contribution in [-0.4, -0.2) is 52.8 Å². The number of methoxy groups -OCH3 is 1. The minimum Gasteiger partial charge on any atom is -0.495 e. The SMILES string of the molecule is COc1ccccc1Nc1nnc(C(=O)Nc2ccc(N3CCSCC3)nc2)o1. The standard InChI is InChI=1S/C19H20N6O3S/c1-27-15-5-3-2-4-14(15)22-19-24-23-18(28-19)17(26)21-13-6-7-16(20-12-13)25-8-10-29-11-9-25/h2-7,12H,8-11H2,1H3,(H,21,26)(H,22,24). The summed E-state index contributed by atoms with van der Waals surface area (Å²) in [7, 11) is 1.57. The van der Waals surface area contributed by atoms with Gasteiger partial charge in [-0.15, -0.1) is 5.10 Å². The Kier molecular flexibility index (Phi) is 5.80. The molecule has 1 saturated heterocycles. The summed E-state index contributed by atoms with van der Waals surface area (Å²) in [6.07, 6.45) is 1.62. The first-order valence-electron chi connectivity index (χ1n) is 9.06. The molecule has 1 amide bonds. The summed E-state index contributed by atoms with van der Waals surface area (Å²) in [4.78, 5) is 19.1. The molecule has 29 heavy (non-hydrogen) atoms. The van der Waals surface area contributed by atoms with Crippen molar-refractivity contribution in [1.82, 2.24) is 15.2 Å². The third-order valence-electron chi connectivity index (χ3n) is 4.31. The number of carbonyl (C=O) groups excluding carboxylic acids is 1. The van der Waals surface area contributed by atoms with Crippen molar-refractivity contribution in [3.63, 3.8) is 0 Å². The lowest BCUT2D eigenvalue weighted by Gasteiger charge is -2.27. The number of pyridine rings is 1. The molecule has 10 heteroatoms. The fourth-order valence-electron chi connectivity index (χ4n) is 2.85. The Labute approximate surface area is 171 Å². The van der Waals surface area contributed by atoms with Gasteiger partial charge in [0.15, 0.2) is 0 Å². The van der Waals surface area contributed by atoms with E-state index in [4.69, 9.17) is 9.15 Å². The molecule has 2 N–H and O–H groups in total. The molecule has 0 unspecified atom stereocenters. The summed E-state index contributed by atoms with van der Waals surface area (Å²) in [6.45, 7) is 1.96. The number of nitrogens with one attached hydrogen (secondary N) is 2. The minimum atomic E-state index is -0.505. The zero-order valence-corrected chi connectivity index (χ0v) is 16.6. The van der Waals surface area contributed by atoms with Gasteiger partial charge in [0, 0.05) is 24.6 Å². The van der Waals surface area contributed by atoms with Crippen LogP contribution in [0.5, 0.6) is 5.75 Å². The van der Waals surface area contributed by atoms with Crippen molar-refractivity contribution in [2.75, 3.05) is 47.2 Å². The Morgan fingerprint density at radius 3 is 2.76 bits per heavy atom. The Morgan fingerprint density at radius 2 is 2.00 bits per heavy atom. The van der Waals surface area contributed by atoms with Crippen molar-refractivity contribution in [3.05, 3.63) is 48.5 Å². The second-order valence-electron chi connectivity index (χ2n) is 6.20. The van der Waals surface area contributed by atoms with E-state index >= 15 is 0 Å². The smallest absolute Gasteiger partial charge is 0.320 e. The molecule has 9 nitrogen and oxygen atoms in total. The molecule has 0 saturated carbocycles. The highest BCUT2D eigenvalue weighted by Crippen LogP contribution is 2.26. The third kappa shape index (κ3) is 4.60. The van der Waals surface area contributed by atoms with Crippen molar-refractivity contribution in [1.29, 1.82) is 0 Å². The van der Waals surface area contributed by atoms with Crippen molar-refractivity contribution >= 4 is 40.9 Å². The molecule has 3 heterocycles. The number of ether oxygens (including phenoxy) is 1. The maximum Gasteiger partial charge on any atom is 0.320 e. The number of hydrogen-bond donors (Lipinski definition) is 2. The van der Waals surface area contributed by atoms with Crippen LogP contribution in [-0.2, 0) is 0 Å². The van der Waals surface area contributed by atoms with Gasteiger partial charge in [0.1, 0.15) is 11.6 Å². The Bertz CT molecular complexity index is 972. The lowest BCUT2D eigenvalue weighted by atomic mass is 10.3. The highest BCUT2D eigenvalue weighted by Gasteiger charge is 2.17. The monoisotopic (exact) mass is 412 g/mol. The largest absolute Gasteiger partial charge is 0.495 e. The molecule has 1 aromatic carbocycles. The summed E-state index contributed by atoms with van der Waals surface area (Å²) in [5, 5.41) is 13.3. The summed E-state index contributed by atoms with van der Waals surface area (Å²) < 4.78 is 10.7. The second-order valence-corrected chi connectivity index (χ2v) is 7.42. The molecule has 2 aromatic heterocycles. The lowest BCUT2D eigenvalue weighted by molar-refractivity contribution is 0.0991. The number of hydrogen-bond acceptors (Lipinski definition) is 9. The normalized spacial score (nSPS) is 13.8. The maximum absolute atomic E-state index is 12.4. The molecule has 1 aliphatic rings. The first-order valence-corrected chi connectivity index (χ1v) is 10.2. The molecule has 150 valence electrons. The van der Waals surface area contributed by atoms with Crippen LogP contribution in [0.3, 0.4) is 0 Å². The number of para-hydroxylation sites is 2. The van der Waals surface area contributed by atoms with Gasteiger partial charge in [-0.05, 0) is 24.3 Å². The number of nitrogens with zero attached hydrogens (tertiary/aromatic N) is 4. The van der Waals surface area contributed by atoms with Crippen LogP contribution in [0, 0.1) is 0 Å². The topological polar surface area (TPSA) is 105 Å². The van der Waals surface area contributed by atoms with Crippen LogP contribution in [0.25, 0.3) is 0 Å². The summed E-state index contributed by atoms with van der Waals surface area (Å²) >= 11 is 1.94. The highest BCUT2D eigenvalue weighted by molar-refractivity contribution is 7.99. The van der Waals surface area contributed by atoms with E-state index in [0.29, 0.717) is 17.1 Å². The van der Waals surface area contributed by atoms with E-state index in [-0.39, 0.29) is 11.9 Å². The van der Waals surface area contributed by atoms with Gasteiger partial charge in [0.05, 0.1) is 24.7 Å². The molecule has 0 atom stereocenters. The second kappa shape index (κ2) is 8.82. The predicted molar refractivity (Wildman–Crippen MR) is 112 cm³/mol. The van der Waals surface area contributed by atoms with E-state index in [1.54, 1.807) is 25.4 Å². The maximum atomic E-state index is 12.4. The number of amides is 1. The van der Waals surface area contributed by atoms with Crippen LogP contribution < -0.4 is 20.3 Å². The number of carbonyl (C=O) groups is 1. The van der Waals surface area contributed by atoms with Crippen LogP contribution in [0.2, 0.25) is 0 Å². The molecular weight excluding hydrogens is 392 g/mol. The number of benzene rings is 1. The Morgan fingerprint density at radius 1 is 1.17 bits per heavy atom. The number of anilines is 4. The third-order valence-corrected chi connectivity index (χ3v) is 5.25. The van der Waals surface area contributed by atoms with Gasteiger partial charge in [-0.2, -0.15) is 11.8 Å². The average molecular weight is 412 g/mol. The molecule has 1 aliphatic heterocycles. The van der Waals surface area contributed by atoms with Crippen molar-refractivity contribution in [2.45, 2.75) is 0 Å². The van der Waals surface area contributed by atoms with Crippen LogP contribution in [0.15, 0.2) is 47.0 Å².